The Morgan fingerprint density at radius 2 is 2.11 bits per heavy atom. The molecule has 2 N–H and O–H groups in total. The van der Waals surface area contributed by atoms with Crippen molar-refractivity contribution in [3.8, 4) is 0 Å². The number of aliphatic carboxylic acids is 1. The SMILES string of the molecule is COC(C)(C)CC(Nc1ccccc1Cl)C(=O)O. The third kappa shape index (κ3) is 4.20. The maximum atomic E-state index is 11.2. The molecule has 1 aromatic carbocycles. The highest BCUT2D eigenvalue weighted by Crippen LogP contribution is 2.24. The van der Waals surface area contributed by atoms with Gasteiger partial charge in [0.15, 0.2) is 0 Å². The molecular weight excluding hydrogens is 254 g/mol. The van der Waals surface area contributed by atoms with E-state index in [0.29, 0.717) is 17.1 Å². The van der Waals surface area contributed by atoms with Gasteiger partial charge in [0.05, 0.1) is 16.3 Å². The molecule has 1 aromatic rings. The van der Waals surface area contributed by atoms with E-state index in [1.807, 2.05) is 13.8 Å². The van der Waals surface area contributed by atoms with Crippen LogP contribution in [0, 0.1) is 0 Å². The molecule has 0 bridgehead atoms. The van der Waals surface area contributed by atoms with E-state index in [2.05, 4.69) is 5.32 Å². The van der Waals surface area contributed by atoms with E-state index in [4.69, 9.17) is 16.3 Å². The quantitative estimate of drug-likeness (QED) is 0.835. The third-order valence-electron chi connectivity index (χ3n) is 2.75. The first kappa shape index (κ1) is 14.8. The average Bonchev–Trinajstić information content (AvgIpc) is 2.30. The monoisotopic (exact) mass is 271 g/mol. The van der Waals surface area contributed by atoms with Gasteiger partial charge in [0.1, 0.15) is 6.04 Å². The lowest BCUT2D eigenvalue weighted by molar-refractivity contribution is -0.139. The van der Waals surface area contributed by atoms with E-state index in [1.165, 1.54) is 0 Å². The zero-order valence-electron chi connectivity index (χ0n) is 10.7. The molecule has 1 rings (SSSR count). The zero-order chi connectivity index (χ0) is 13.8. The van der Waals surface area contributed by atoms with E-state index < -0.39 is 17.6 Å². The molecule has 0 amide bonds. The summed E-state index contributed by atoms with van der Waals surface area (Å²) < 4.78 is 5.25. The van der Waals surface area contributed by atoms with Gasteiger partial charge in [0, 0.05) is 13.5 Å². The van der Waals surface area contributed by atoms with Crippen molar-refractivity contribution >= 4 is 23.3 Å². The summed E-state index contributed by atoms with van der Waals surface area (Å²) in [6, 6.07) is 6.30. The fourth-order valence-corrected chi connectivity index (χ4v) is 1.73. The summed E-state index contributed by atoms with van der Waals surface area (Å²) >= 11 is 5.99. The first-order valence-corrected chi connectivity index (χ1v) is 6.02. The van der Waals surface area contributed by atoms with Gasteiger partial charge in [-0.3, -0.25) is 0 Å². The van der Waals surface area contributed by atoms with E-state index in [-0.39, 0.29) is 0 Å². The Morgan fingerprint density at radius 1 is 1.50 bits per heavy atom. The topological polar surface area (TPSA) is 58.6 Å². The molecule has 0 aliphatic carbocycles. The van der Waals surface area contributed by atoms with Crippen LogP contribution in [0.1, 0.15) is 20.3 Å². The van der Waals surface area contributed by atoms with Gasteiger partial charge in [-0.15, -0.1) is 0 Å². The molecule has 1 unspecified atom stereocenters. The number of carboxylic acid groups (broad SMARTS) is 1. The number of benzene rings is 1. The van der Waals surface area contributed by atoms with E-state index in [0.717, 1.165) is 0 Å². The molecule has 0 heterocycles. The smallest absolute Gasteiger partial charge is 0.326 e. The van der Waals surface area contributed by atoms with Crippen LogP contribution in [0.3, 0.4) is 0 Å². The van der Waals surface area contributed by atoms with E-state index in [9.17, 15) is 9.90 Å². The number of carboxylic acids is 1. The van der Waals surface area contributed by atoms with Crippen LogP contribution in [0.2, 0.25) is 5.02 Å². The molecule has 0 aliphatic heterocycles. The summed E-state index contributed by atoms with van der Waals surface area (Å²) in [7, 11) is 1.56. The minimum Gasteiger partial charge on any atom is -0.480 e. The van der Waals surface area contributed by atoms with Gasteiger partial charge in [-0.1, -0.05) is 23.7 Å². The van der Waals surface area contributed by atoms with Crippen LogP contribution in [0.15, 0.2) is 24.3 Å². The normalized spacial score (nSPS) is 13.1. The van der Waals surface area contributed by atoms with Crippen LogP contribution < -0.4 is 5.32 Å². The summed E-state index contributed by atoms with van der Waals surface area (Å²) in [5.41, 5.74) is 0.0931. The van der Waals surface area contributed by atoms with Crippen LogP contribution in [-0.2, 0) is 9.53 Å². The minimum absolute atomic E-state index is 0.337. The highest BCUT2D eigenvalue weighted by molar-refractivity contribution is 6.33. The summed E-state index contributed by atoms with van der Waals surface area (Å²) in [6.45, 7) is 3.69. The lowest BCUT2D eigenvalue weighted by Crippen LogP contribution is -2.38. The number of hydrogen-bond donors (Lipinski definition) is 2. The standard InChI is InChI=1S/C13H18ClNO3/c1-13(2,18-3)8-11(12(16)17)15-10-7-5-4-6-9(10)14/h4-7,11,15H,8H2,1-3H3,(H,16,17). The molecular formula is C13H18ClNO3. The largest absolute Gasteiger partial charge is 0.480 e. The molecule has 0 aliphatic rings. The summed E-state index contributed by atoms with van der Waals surface area (Å²) in [6.07, 6.45) is 0.337. The summed E-state index contributed by atoms with van der Waals surface area (Å²) in [5, 5.41) is 12.6. The Morgan fingerprint density at radius 3 is 2.61 bits per heavy atom. The maximum Gasteiger partial charge on any atom is 0.326 e. The number of rotatable bonds is 6. The Labute approximate surface area is 112 Å². The van der Waals surface area contributed by atoms with Crippen LogP contribution in [0.25, 0.3) is 0 Å². The summed E-state index contributed by atoms with van der Waals surface area (Å²) in [4.78, 5) is 11.2. The summed E-state index contributed by atoms with van der Waals surface area (Å²) in [5.74, 6) is -0.931. The van der Waals surface area contributed by atoms with Crippen molar-refractivity contribution in [2.75, 3.05) is 12.4 Å². The van der Waals surface area contributed by atoms with Crippen molar-refractivity contribution < 1.29 is 14.6 Å². The molecule has 0 aromatic heterocycles. The number of hydrogen-bond acceptors (Lipinski definition) is 3. The second-order valence-corrected chi connectivity index (χ2v) is 5.09. The minimum atomic E-state index is -0.931. The third-order valence-corrected chi connectivity index (χ3v) is 3.08. The highest BCUT2D eigenvalue weighted by Gasteiger charge is 2.27. The highest BCUT2D eigenvalue weighted by atomic mass is 35.5. The van der Waals surface area contributed by atoms with Crippen molar-refractivity contribution in [1.29, 1.82) is 0 Å². The number of carbonyl (C=O) groups is 1. The number of methoxy groups -OCH3 is 1. The second-order valence-electron chi connectivity index (χ2n) is 4.68. The van der Waals surface area contributed by atoms with Gasteiger partial charge >= 0.3 is 5.97 Å². The lowest BCUT2D eigenvalue weighted by atomic mass is 9.98. The van der Waals surface area contributed by atoms with Gasteiger partial charge in [-0.2, -0.15) is 0 Å². The average molecular weight is 272 g/mol. The Kier molecular flexibility index (Phi) is 4.99. The number of anilines is 1. The molecule has 0 radical (unpaired) electrons. The molecule has 0 fully saturated rings. The van der Waals surface area contributed by atoms with Gasteiger partial charge in [0.25, 0.3) is 0 Å². The molecule has 0 saturated carbocycles. The second kappa shape index (κ2) is 6.07. The Hall–Kier alpha value is -1.26. The van der Waals surface area contributed by atoms with Crippen LogP contribution in [0.4, 0.5) is 5.69 Å². The first-order chi connectivity index (χ1) is 8.35. The van der Waals surface area contributed by atoms with Crippen molar-refractivity contribution in [3.05, 3.63) is 29.3 Å². The number of ether oxygens (including phenoxy) is 1. The number of nitrogens with one attached hydrogen (secondary N) is 1. The molecule has 100 valence electrons. The van der Waals surface area contributed by atoms with Crippen molar-refractivity contribution in [3.63, 3.8) is 0 Å². The fraction of sp³-hybridized carbons (Fsp3) is 0.462. The lowest BCUT2D eigenvalue weighted by Gasteiger charge is -2.27. The van der Waals surface area contributed by atoms with Gasteiger partial charge < -0.3 is 15.2 Å². The molecule has 18 heavy (non-hydrogen) atoms. The fourth-order valence-electron chi connectivity index (χ4n) is 1.54. The van der Waals surface area contributed by atoms with Crippen LogP contribution in [-0.4, -0.2) is 29.8 Å². The van der Waals surface area contributed by atoms with E-state index in [1.54, 1.807) is 31.4 Å². The Balaban J connectivity index is 2.82. The van der Waals surface area contributed by atoms with Crippen LogP contribution >= 0.6 is 11.6 Å². The molecule has 4 nitrogen and oxygen atoms in total. The van der Waals surface area contributed by atoms with Crippen molar-refractivity contribution in [2.45, 2.75) is 31.9 Å². The first-order valence-electron chi connectivity index (χ1n) is 5.65. The zero-order valence-corrected chi connectivity index (χ0v) is 11.5. The predicted molar refractivity (Wildman–Crippen MR) is 72.2 cm³/mol. The molecule has 0 spiro atoms. The maximum absolute atomic E-state index is 11.2. The molecule has 1 atom stereocenters. The molecule has 5 heteroatoms. The van der Waals surface area contributed by atoms with Gasteiger partial charge in [0.2, 0.25) is 0 Å². The number of halogens is 1. The van der Waals surface area contributed by atoms with E-state index >= 15 is 0 Å². The Bertz CT molecular complexity index is 420. The van der Waals surface area contributed by atoms with Gasteiger partial charge in [-0.25, -0.2) is 4.79 Å². The number of para-hydroxylation sites is 1. The van der Waals surface area contributed by atoms with Gasteiger partial charge in [-0.05, 0) is 26.0 Å². The molecule has 0 saturated heterocycles. The van der Waals surface area contributed by atoms with Crippen molar-refractivity contribution in [2.24, 2.45) is 0 Å². The van der Waals surface area contributed by atoms with Crippen LogP contribution in [0.5, 0.6) is 0 Å². The predicted octanol–water partition coefficient (Wildman–Crippen LogP) is 3.02. The van der Waals surface area contributed by atoms with Crippen molar-refractivity contribution in [1.82, 2.24) is 0 Å².